The van der Waals surface area contributed by atoms with Gasteiger partial charge in [0.25, 0.3) is 0 Å². The molecule has 3 nitrogen and oxygen atoms in total. The van der Waals surface area contributed by atoms with Crippen molar-refractivity contribution in [2.75, 3.05) is 6.54 Å². The molecule has 0 spiro atoms. The molecule has 1 aliphatic heterocycles. The van der Waals surface area contributed by atoms with Gasteiger partial charge in [-0.1, -0.05) is 0 Å². The number of nitrogens with two attached hydrogens (primary N) is 1. The predicted molar refractivity (Wildman–Crippen MR) is 52.6 cm³/mol. The van der Waals surface area contributed by atoms with Crippen molar-refractivity contribution in [3.8, 4) is 0 Å². The van der Waals surface area contributed by atoms with E-state index in [0.717, 1.165) is 17.8 Å². The van der Waals surface area contributed by atoms with E-state index in [0.29, 0.717) is 6.54 Å². The number of rotatable bonds is 2. The molecule has 0 saturated carbocycles. The molecule has 1 fully saturated rings. The molecule has 2 heterocycles. The fourth-order valence-corrected chi connectivity index (χ4v) is 2.36. The molecule has 1 aliphatic rings. The van der Waals surface area contributed by atoms with Crippen LogP contribution in [0.15, 0.2) is 11.6 Å². The van der Waals surface area contributed by atoms with Crippen LogP contribution in [0.5, 0.6) is 0 Å². The van der Waals surface area contributed by atoms with Crippen LogP contribution in [0, 0.1) is 0 Å². The Morgan fingerprint density at radius 2 is 2.54 bits per heavy atom. The summed E-state index contributed by atoms with van der Waals surface area (Å²) in [5.41, 5.74) is 5.58. The normalized spacial score (nSPS) is 29.0. The first-order chi connectivity index (χ1) is 6.40. The summed E-state index contributed by atoms with van der Waals surface area (Å²) in [5, 5.41) is 3.09. The summed E-state index contributed by atoms with van der Waals surface area (Å²) >= 11 is 1.67. The first kappa shape index (κ1) is 9.12. The number of ether oxygens (including phenoxy) is 1. The van der Waals surface area contributed by atoms with Gasteiger partial charge in [-0.3, -0.25) is 0 Å². The minimum absolute atomic E-state index is 0.197. The van der Waals surface area contributed by atoms with Gasteiger partial charge in [0.15, 0.2) is 0 Å². The molecule has 13 heavy (non-hydrogen) atoms. The topological polar surface area (TPSA) is 48.1 Å². The van der Waals surface area contributed by atoms with Crippen LogP contribution in [0.4, 0.5) is 0 Å². The first-order valence-electron chi connectivity index (χ1n) is 4.65. The number of hydrogen-bond acceptors (Lipinski definition) is 4. The maximum atomic E-state index is 5.80. The smallest absolute Gasteiger partial charge is 0.121 e. The summed E-state index contributed by atoms with van der Waals surface area (Å²) in [5.74, 6) is 0. The average molecular weight is 198 g/mol. The molecule has 4 heteroatoms. The van der Waals surface area contributed by atoms with E-state index in [1.54, 1.807) is 11.3 Å². The fourth-order valence-electron chi connectivity index (χ4n) is 1.65. The van der Waals surface area contributed by atoms with Gasteiger partial charge in [0.2, 0.25) is 0 Å². The molecule has 1 aromatic heterocycles. The lowest BCUT2D eigenvalue weighted by atomic mass is 10.0. The Morgan fingerprint density at radius 1 is 1.62 bits per heavy atom. The predicted octanol–water partition coefficient (Wildman–Crippen LogP) is 1.71. The maximum absolute atomic E-state index is 5.80. The lowest BCUT2D eigenvalue weighted by Gasteiger charge is -2.27. The van der Waals surface area contributed by atoms with Crippen molar-refractivity contribution in [1.29, 1.82) is 0 Å². The maximum Gasteiger partial charge on any atom is 0.121 e. The highest BCUT2D eigenvalue weighted by Gasteiger charge is 2.23. The van der Waals surface area contributed by atoms with Crippen molar-refractivity contribution >= 4 is 11.3 Å². The number of thiazole rings is 1. The van der Waals surface area contributed by atoms with E-state index >= 15 is 0 Å². The van der Waals surface area contributed by atoms with E-state index in [2.05, 4.69) is 4.98 Å². The first-order valence-corrected chi connectivity index (χ1v) is 5.53. The summed E-state index contributed by atoms with van der Waals surface area (Å²) in [7, 11) is 0. The standard InChI is InChI=1S/C9H14N2OS/c10-6-7-2-1-3-8(12-7)9-11-4-5-13-9/h4-5,7-8H,1-3,6,10H2. The van der Waals surface area contributed by atoms with Crippen LogP contribution in [0.3, 0.4) is 0 Å². The van der Waals surface area contributed by atoms with Gasteiger partial charge < -0.3 is 10.5 Å². The molecule has 2 N–H and O–H groups in total. The van der Waals surface area contributed by atoms with Crippen molar-refractivity contribution < 1.29 is 4.74 Å². The van der Waals surface area contributed by atoms with Crippen LogP contribution < -0.4 is 5.73 Å². The van der Waals surface area contributed by atoms with Crippen LogP contribution >= 0.6 is 11.3 Å². The zero-order valence-electron chi connectivity index (χ0n) is 7.48. The van der Waals surface area contributed by atoms with Crippen LogP contribution in [0.1, 0.15) is 30.4 Å². The van der Waals surface area contributed by atoms with Crippen molar-refractivity contribution in [1.82, 2.24) is 4.98 Å². The van der Waals surface area contributed by atoms with Gasteiger partial charge in [0.1, 0.15) is 11.1 Å². The number of nitrogens with zero attached hydrogens (tertiary/aromatic N) is 1. The van der Waals surface area contributed by atoms with Crippen LogP contribution in [-0.4, -0.2) is 17.6 Å². The molecule has 0 aliphatic carbocycles. The molecule has 2 rings (SSSR count). The molecule has 2 atom stereocenters. The second kappa shape index (κ2) is 4.17. The van der Waals surface area contributed by atoms with Gasteiger partial charge >= 0.3 is 0 Å². The Kier molecular flexibility index (Phi) is 2.93. The number of hydrogen-bond donors (Lipinski definition) is 1. The van der Waals surface area contributed by atoms with E-state index in [4.69, 9.17) is 10.5 Å². The van der Waals surface area contributed by atoms with Gasteiger partial charge in [-0.05, 0) is 19.3 Å². The SMILES string of the molecule is NCC1CCCC(c2nccs2)O1. The van der Waals surface area contributed by atoms with Crippen molar-refractivity contribution in [2.24, 2.45) is 5.73 Å². The van der Waals surface area contributed by atoms with E-state index in [9.17, 15) is 0 Å². The minimum Gasteiger partial charge on any atom is -0.366 e. The van der Waals surface area contributed by atoms with Gasteiger partial charge in [0, 0.05) is 18.1 Å². The molecule has 1 aromatic rings. The Hall–Kier alpha value is -0.450. The Labute approximate surface area is 81.9 Å². The zero-order valence-corrected chi connectivity index (χ0v) is 8.30. The Balaban J connectivity index is 2.00. The molecule has 1 saturated heterocycles. The van der Waals surface area contributed by atoms with E-state index in [-0.39, 0.29) is 12.2 Å². The van der Waals surface area contributed by atoms with E-state index in [1.165, 1.54) is 6.42 Å². The summed E-state index contributed by atoms with van der Waals surface area (Å²) in [4.78, 5) is 4.26. The van der Waals surface area contributed by atoms with Gasteiger partial charge in [-0.25, -0.2) is 4.98 Å². The zero-order chi connectivity index (χ0) is 9.10. The molecule has 0 aromatic carbocycles. The molecule has 0 radical (unpaired) electrons. The molecule has 0 bridgehead atoms. The summed E-state index contributed by atoms with van der Waals surface area (Å²) in [6.45, 7) is 0.627. The molecular formula is C9H14N2OS. The van der Waals surface area contributed by atoms with Gasteiger partial charge in [0.05, 0.1) is 6.10 Å². The van der Waals surface area contributed by atoms with Crippen molar-refractivity contribution in [3.63, 3.8) is 0 Å². The van der Waals surface area contributed by atoms with Crippen molar-refractivity contribution in [2.45, 2.75) is 31.5 Å². The quantitative estimate of drug-likeness (QED) is 0.787. The molecule has 0 amide bonds. The van der Waals surface area contributed by atoms with Crippen LogP contribution in [0.2, 0.25) is 0 Å². The van der Waals surface area contributed by atoms with Gasteiger partial charge in [-0.2, -0.15) is 0 Å². The van der Waals surface area contributed by atoms with Crippen molar-refractivity contribution in [3.05, 3.63) is 16.6 Å². The lowest BCUT2D eigenvalue weighted by molar-refractivity contribution is -0.0462. The lowest BCUT2D eigenvalue weighted by Crippen LogP contribution is -2.29. The van der Waals surface area contributed by atoms with E-state index < -0.39 is 0 Å². The highest BCUT2D eigenvalue weighted by Crippen LogP contribution is 2.31. The Bertz CT molecular complexity index is 250. The summed E-state index contributed by atoms with van der Waals surface area (Å²) in [6, 6.07) is 0. The summed E-state index contributed by atoms with van der Waals surface area (Å²) in [6.07, 6.45) is 5.65. The summed E-state index contributed by atoms with van der Waals surface area (Å²) < 4.78 is 5.80. The number of aromatic nitrogens is 1. The third-order valence-electron chi connectivity index (χ3n) is 2.34. The van der Waals surface area contributed by atoms with Gasteiger partial charge in [-0.15, -0.1) is 11.3 Å². The highest BCUT2D eigenvalue weighted by molar-refractivity contribution is 7.09. The largest absolute Gasteiger partial charge is 0.366 e. The Morgan fingerprint density at radius 3 is 3.23 bits per heavy atom. The molecule has 2 unspecified atom stereocenters. The second-order valence-electron chi connectivity index (χ2n) is 3.28. The second-order valence-corrected chi connectivity index (χ2v) is 4.21. The third-order valence-corrected chi connectivity index (χ3v) is 3.21. The van der Waals surface area contributed by atoms with Crippen LogP contribution in [-0.2, 0) is 4.74 Å². The highest BCUT2D eigenvalue weighted by atomic mass is 32.1. The average Bonchev–Trinajstić information content (AvgIpc) is 2.71. The monoisotopic (exact) mass is 198 g/mol. The van der Waals surface area contributed by atoms with E-state index in [1.807, 2.05) is 11.6 Å². The van der Waals surface area contributed by atoms with Crippen LogP contribution in [0.25, 0.3) is 0 Å². The molecule has 72 valence electrons. The third kappa shape index (κ3) is 2.07. The molecular weight excluding hydrogens is 184 g/mol. The minimum atomic E-state index is 0.197. The fraction of sp³-hybridized carbons (Fsp3) is 0.667.